The number of hydrogen-bond donors (Lipinski definition) is 1. The Morgan fingerprint density at radius 3 is 2.18 bits per heavy atom. The summed E-state index contributed by atoms with van der Waals surface area (Å²) in [6.07, 6.45) is 1.23. The summed E-state index contributed by atoms with van der Waals surface area (Å²) in [6.45, 7) is 4.67. The number of nitrogens with zero attached hydrogens (tertiary/aromatic N) is 2. The van der Waals surface area contributed by atoms with E-state index in [2.05, 4.69) is 0 Å². The summed E-state index contributed by atoms with van der Waals surface area (Å²) in [7, 11) is 0. The number of ether oxygens (including phenoxy) is 1. The molecule has 1 heterocycles. The maximum absolute atomic E-state index is 12.7. The average molecular weight is 472 g/mol. The van der Waals surface area contributed by atoms with Gasteiger partial charge in [-0.1, -0.05) is 30.7 Å². The highest BCUT2D eigenvalue weighted by Gasteiger charge is 2.30. The van der Waals surface area contributed by atoms with E-state index >= 15 is 0 Å². The maximum atomic E-state index is 12.7. The molecule has 176 valence electrons. The standard InChI is InChI=1S/C25H30ClN3O4/c1-2-17-33-21-9-5-18(6-10-21)22(30)11-12-23(31)28-13-15-29(16-14-28)24(25(27)32)19-3-7-20(26)8-4-19/h3-10,24H,2,11-17H2,1H3,(H2,27,32)/t24-/m1/s1. The number of ketones is 1. The number of carbonyl (C=O) groups excluding carboxylic acids is 3. The van der Waals surface area contributed by atoms with Gasteiger partial charge in [0.15, 0.2) is 5.78 Å². The number of hydrogen-bond acceptors (Lipinski definition) is 5. The highest BCUT2D eigenvalue weighted by Crippen LogP contribution is 2.24. The van der Waals surface area contributed by atoms with Crippen molar-refractivity contribution < 1.29 is 19.1 Å². The smallest absolute Gasteiger partial charge is 0.239 e. The third kappa shape index (κ3) is 6.79. The van der Waals surface area contributed by atoms with Gasteiger partial charge in [-0.05, 0) is 48.4 Å². The van der Waals surface area contributed by atoms with E-state index in [0.29, 0.717) is 43.4 Å². The number of nitrogens with two attached hydrogens (primary N) is 1. The summed E-state index contributed by atoms with van der Waals surface area (Å²) < 4.78 is 5.53. The lowest BCUT2D eigenvalue weighted by molar-refractivity contribution is -0.134. The van der Waals surface area contributed by atoms with Crippen molar-refractivity contribution in [3.63, 3.8) is 0 Å². The zero-order chi connectivity index (χ0) is 23.8. The van der Waals surface area contributed by atoms with Crippen LogP contribution in [0.15, 0.2) is 48.5 Å². The zero-order valence-electron chi connectivity index (χ0n) is 18.8. The fourth-order valence-corrected chi connectivity index (χ4v) is 4.04. The summed E-state index contributed by atoms with van der Waals surface area (Å²) in [6, 6.07) is 13.5. The Bertz CT molecular complexity index is 955. The van der Waals surface area contributed by atoms with Crippen molar-refractivity contribution in [3.8, 4) is 5.75 Å². The van der Waals surface area contributed by atoms with Gasteiger partial charge in [0.05, 0.1) is 6.61 Å². The summed E-state index contributed by atoms with van der Waals surface area (Å²) in [5.74, 6) is 0.164. The van der Waals surface area contributed by atoms with Crippen molar-refractivity contribution in [1.82, 2.24) is 9.80 Å². The van der Waals surface area contributed by atoms with Crippen molar-refractivity contribution in [3.05, 3.63) is 64.7 Å². The molecule has 0 radical (unpaired) electrons. The summed E-state index contributed by atoms with van der Waals surface area (Å²) in [5, 5.41) is 0.590. The van der Waals surface area contributed by atoms with Crippen LogP contribution in [-0.4, -0.2) is 60.2 Å². The molecule has 0 spiro atoms. The summed E-state index contributed by atoms with van der Waals surface area (Å²) >= 11 is 5.95. The van der Waals surface area contributed by atoms with Crippen molar-refractivity contribution >= 4 is 29.2 Å². The molecule has 0 bridgehead atoms. The second-order valence-corrected chi connectivity index (χ2v) is 8.51. The Labute approximate surface area is 199 Å². The largest absolute Gasteiger partial charge is 0.494 e. The van der Waals surface area contributed by atoms with Crippen LogP contribution < -0.4 is 10.5 Å². The first kappa shape index (κ1) is 24.7. The predicted octanol–water partition coefficient (Wildman–Crippen LogP) is 3.46. The molecule has 0 saturated carbocycles. The van der Waals surface area contributed by atoms with Gasteiger partial charge in [0, 0.05) is 49.6 Å². The lowest BCUT2D eigenvalue weighted by atomic mass is 10.0. The normalized spacial score (nSPS) is 15.2. The molecule has 1 saturated heterocycles. The highest BCUT2D eigenvalue weighted by atomic mass is 35.5. The number of piperazine rings is 1. The van der Waals surface area contributed by atoms with Crippen LogP contribution in [0, 0.1) is 0 Å². The van der Waals surface area contributed by atoms with Crippen molar-refractivity contribution in [2.24, 2.45) is 5.73 Å². The summed E-state index contributed by atoms with van der Waals surface area (Å²) in [4.78, 5) is 40.9. The van der Waals surface area contributed by atoms with Crippen molar-refractivity contribution in [1.29, 1.82) is 0 Å². The topological polar surface area (TPSA) is 92.9 Å². The molecule has 1 atom stereocenters. The molecule has 1 fully saturated rings. The minimum atomic E-state index is -0.564. The maximum Gasteiger partial charge on any atom is 0.239 e. The van der Waals surface area contributed by atoms with Crippen LogP contribution in [0.3, 0.4) is 0 Å². The molecule has 2 N–H and O–H groups in total. The molecule has 1 aliphatic heterocycles. The number of benzene rings is 2. The molecule has 2 aromatic carbocycles. The Hall–Kier alpha value is -2.90. The van der Waals surface area contributed by atoms with E-state index in [0.717, 1.165) is 17.7 Å². The van der Waals surface area contributed by atoms with Crippen LogP contribution in [0.1, 0.15) is 48.1 Å². The third-order valence-electron chi connectivity index (χ3n) is 5.70. The molecule has 2 aromatic rings. The monoisotopic (exact) mass is 471 g/mol. The van der Waals surface area contributed by atoms with E-state index in [1.165, 1.54) is 0 Å². The number of rotatable bonds is 10. The third-order valence-corrected chi connectivity index (χ3v) is 5.95. The molecule has 2 amide bonds. The molecule has 0 unspecified atom stereocenters. The van der Waals surface area contributed by atoms with Gasteiger partial charge in [0.2, 0.25) is 11.8 Å². The van der Waals surface area contributed by atoms with Crippen molar-refractivity contribution in [2.75, 3.05) is 32.8 Å². The lowest BCUT2D eigenvalue weighted by Crippen LogP contribution is -2.51. The predicted molar refractivity (Wildman–Crippen MR) is 127 cm³/mol. The Kier molecular flexibility index (Phi) is 8.86. The van der Waals surface area contributed by atoms with Gasteiger partial charge in [-0.15, -0.1) is 0 Å². The van der Waals surface area contributed by atoms with Crippen LogP contribution in [-0.2, 0) is 9.59 Å². The molecule has 1 aliphatic rings. The van der Waals surface area contributed by atoms with E-state index in [4.69, 9.17) is 22.1 Å². The number of amides is 2. The van der Waals surface area contributed by atoms with Crippen LogP contribution in [0.4, 0.5) is 0 Å². The van der Waals surface area contributed by atoms with Gasteiger partial charge in [-0.25, -0.2) is 0 Å². The summed E-state index contributed by atoms with van der Waals surface area (Å²) in [5.41, 5.74) is 7.02. The van der Waals surface area contributed by atoms with Gasteiger partial charge in [0.1, 0.15) is 11.8 Å². The minimum Gasteiger partial charge on any atom is -0.494 e. The van der Waals surface area contributed by atoms with Gasteiger partial charge >= 0.3 is 0 Å². The Balaban J connectivity index is 1.49. The highest BCUT2D eigenvalue weighted by molar-refractivity contribution is 6.30. The van der Waals surface area contributed by atoms with E-state index in [1.807, 2.05) is 11.8 Å². The molecule has 8 heteroatoms. The van der Waals surface area contributed by atoms with Crippen LogP contribution >= 0.6 is 11.6 Å². The van der Waals surface area contributed by atoms with Gasteiger partial charge in [-0.2, -0.15) is 0 Å². The van der Waals surface area contributed by atoms with E-state index in [-0.39, 0.29) is 24.5 Å². The molecule has 33 heavy (non-hydrogen) atoms. The molecule has 0 aromatic heterocycles. The number of halogens is 1. The molecule has 0 aliphatic carbocycles. The SMILES string of the molecule is CCCOc1ccc(C(=O)CCC(=O)N2CCN([C@@H](C(N)=O)c3ccc(Cl)cc3)CC2)cc1. The minimum absolute atomic E-state index is 0.0620. The second-order valence-electron chi connectivity index (χ2n) is 8.07. The second kappa shape index (κ2) is 11.8. The number of primary amides is 1. The van der Waals surface area contributed by atoms with Gasteiger partial charge in [0.25, 0.3) is 0 Å². The number of carbonyl (C=O) groups is 3. The van der Waals surface area contributed by atoms with Crippen LogP contribution in [0.25, 0.3) is 0 Å². The number of Topliss-reactive ketones (excluding diaryl/α,β-unsaturated/α-hetero) is 1. The first-order valence-electron chi connectivity index (χ1n) is 11.2. The Morgan fingerprint density at radius 1 is 0.970 bits per heavy atom. The first-order chi connectivity index (χ1) is 15.9. The van der Waals surface area contributed by atoms with Gasteiger partial charge < -0.3 is 15.4 Å². The van der Waals surface area contributed by atoms with Gasteiger partial charge in [-0.3, -0.25) is 19.3 Å². The molecular formula is C25H30ClN3O4. The Morgan fingerprint density at radius 2 is 1.61 bits per heavy atom. The quantitative estimate of drug-likeness (QED) is 0.535. The van der Waals surface area contributed by atoms with E-state index in [9.17, 15) is 14.4 Å². The van der Waals surface area contributed by atoms with Crippen LogP contribution in [0.5, 0.6) is 5.75 Å². The van der Waals surface area contributed by atoms with E-state index < -0.39 is 11.9 Å². The fraction of sp³-hybridized carbons (Fsp3) is 0.400. The van der Waals surface area contributed by atoms with Crippen molar-refractivity contribution in [2.45, 2.75) is 32.2 Å². The first-order valence-corrected chi connectivity index (χ1v) is 11.6. The zero-order valence-corrected chi connectivity index (χ0v) is 19.6. The van der Waals surface area contributed by atoms with E-state index in [1.54, 1.807) is 53.4 Å². The molecule has 3 rings (SSSR count). The molecule has 7 nitrogen and oxygen atoms in total. The molecular weight excluding hydrogens is 442 g/mol. The average Bonchev–Trinajstić information content (AvgIpc) is 2.83. The lowest BCUT2D eigenvalue weighted by Gasteiger charge is -2.38. The van der Waals surface area contributed by atoms with Crippen LogP contribution in [0.2, 0.25) is 5.02 Å². The fourth-order valence-electron chi connectivity index (χ4n) is 3.91.